The third-order valence-corrected chi connectivity index (χ3v) is 5.63. The van der Waals surface area contributed by atoms with E-state index in [1.54, 1.807) is 12.1 Å². The minimum Gasteiger partial charge on any atom is -0.411 e. The summed E-state index contributed by atoms with van der Waals surface area (Å²) in [6, 6.07) is 17.5. The predicted octanol–water partition coefficient (Wildman–Crippen LogP) is 4.85. The largest absolute Gasteiger partial charge is 0.411 e. The second kappa shape index (κ2) is 8.15. The first kappa shape index (κ1) is 18.1. The van der Waals surface area contributed by atoms with Crippen LogP contribution in [-0.2, 0) is 4.79 Å². The van der Waals surface area contributed by atoms with E-state index in [4.69, 9.17) is 16.0 Å². The standard InChI is InChI=1S/C20H18ClN3O2S/c21-16-10-8-15(9-11-16)19-22-23-20(26-19)27-13-18(25)24-12-4-7-17(24)14-5-2-1-3-6-14/h1-3,5-6,8-11,17H,4,7,12-13H2. The summed E-state index contributed by atoms with van der Waals surface area (Å²) in [5, 5.41) is 9.12. The van der Waals surface area contributed by atoms with Crippen LogP contribution in [0.4, 0.5) is 0 Å². The number of rotatable bonds is 5. The fourth-order valence-electron chi connectivity index (χ4n) is 3.27. The number of hydrogen-bond acceptors (Lipinski definition) is 5. The Morgan fingerprint density at radius 2 is 1.93 bits per heavy atom. The van der Waals surface area contributed by atoms with Gasteiger partial charge in [0.05, 0.1) is 11.8 Å². The summed E-state index contributed by atoms with van der Waals surface area (Å²) in [6.07, 6.45) is 2.03. The van der Waals surface area contributed by atoms with Crippen molar-refractivity contribution in [1.82, 2.24) is 15.1 Å². The highest BCUT2D eigenvalue weighted by Gasteiger charge is 2.29. The molecule has 1 aromatic heterocycles. The van der Waals surface area contributed by atoms with Gasteiger partial charge in [0.1, 0.15) is 0 Å². The molecule has 138 valence electrons. The number of halogens is 1. The zero-order valence-electron chi connectivity index (χ0n) is 14.5. The Morgan fingerprint density at radius 1 is 1.15 bits per heavy atom. The number of aromatic nitrogens is 2. The number of benzene rings is 2. The molecular formula is C20H18ClN3O2S. The summed E-state index contributed by atoms with van der Waals surface area (Å²) < 4.78 is 5.66. The molecule has 0 bridgehead atoms. The minimum absolute atomic E-state index is 0.0950. The van der Waals surface area contributed by atoms with E-state index in [1.165, 1.54) is 17.3 Å². The van der Waals surface area contributed by atoms with Gasteiger partial charge >= 0.3 is 0 Å². The Kier molecular flexibility index (Phi) is 5.45. The van der Waals surface area contributed by atoms with Crippen molar-refractivity contribution >= 4 is 29.3 Å². The summed E-state index contributed by atoms with van der Waals surface area (Å²) in [5.74, 6) is 0.800. The van der Waals surface area contributed by atoms with Crippen LogP contribution < -0.4 is 0 Å². The van der Waals surface area contributed by atoms with Crippen molar-refractivity contribution in [3.8, 4) is 11.5 Å². The lowest BCUT2D eigenvalue weighted by Crippen LogP contribution is -2.31. The molecule has 0 spiro atoms. The lowest BCUT2D eigenvalue weighted by atomic mass is 10.0. The van der Waals surface area contributed by atoms with Crippen LogP contribution in [-0.4, -0.2) is 33.3 Å². The molecule has 1 atom stereocenters. The summed E-state index contributed by atoms with van der Waals surface area (Å²) in [4.78, 5) is 14.7. The van der Waals surface area contributed by atoms with Crippen molar-refractivity contribution in [1.29, 1.82) is 0 Å². The zero-order chi connectivity index (χ0) is 18.6. The number of likely N-dealkylation sites (tertiary alicyclic amines) is 1. The van der Waals surface area contributed by atoms with E-state index in [9.17, 15) is 4.79 Å². The molecule has 0 N–H and O–H groups in total. The van der Waals surface area contributed by atoms with Gasteiger partial charge in [-0.3, -0.25) is 4.79 Å². The first-order valence-electron chi connectivity index (χ1n) is 8.77. The SMILES string of the molecule is O=C(CSc1nnc(-c2ccc(Cl)cc2)o1)N1CCCC1c1ccccc1. The maximum Gasteiger partial charge on any atom is 0.277 e. The molecular weight excluding hydrogens is 382 g/mol. The van der Waals surface area contributed by atoms with Crippen LogP contribution in [0.25, 0.3) is 11.5 Å². The topological polar surface area (TPSA) is 59.2 Å². The van der Waals surface area contributed by atoms with Gasteiger partial charge in [0.15, 0.2) is 0 Å². The molecule has 5 nitrogen and oxygen atoms in total. The molecule has 2 heterocycles. The van der Waals surface area contributed by atoms with Crippen molar-refractivity contribution in [3.05, 3.63) is 65.2 Å². The molecule has 1 fully saturated rings. The van der Waals surface area contributed by atoms with Crippen LogP contribution in [0.2, 0.25) is 5.02 Å². The van der Waals surface area contributed by atoms with Crippen molar-refractivity contribution in [3.63, 3.8) is 0 Å². The maximum atomic E-state index is 12.7. The summed E-state index contributed by atoms with van der Waals surface area (Å²) in [6.45, 7) is 0.790. The zero-order valence-corrected chi connectivity index (χ0v) is 16.1. The first-order chi connectivity index (χ1) is 13.2. The van der Waals surface area contributed by atoms with Crippen LogP contribution >= 0.6 is 23.4 Å². The van der Waals surface area contributed by atoms with Crippen LogP contribution in [0.3, 0.4) is 0 Å². The molecule has 27 heavy (non-hydrogen) atoms. The van der Waals surface area contributed by atoms with Gasteiger partial charge in [-0.25, -0.2) is 0 Å². The average Bonchev–Trinajstić information content (AvgIpc) is 3.37. The predicted molar refractivity (Wildman–Crippen MR) is 106 cm³/mol. The van der Waals surface area contributed by atoms with E-state index < -0.39 is 0 Å². The van der Waals surface area contributed by atoms with Crippen molar-refractivity contribution in [2.24, 2.45) is 0 Å². The molecule has 1 unspecified atom stereocenters. The first-order valence-corrected chi connectivity index (χ1v) is 10.1. The molecule has 0 radical (unpaired) electrons. The van der Waals surface area contributed by atoms with Crippen LogP contribution in [0.15, 0.2) is 64.2 Å². The van der Waals surface area contributed by atoms with Crippen LogP contribution in [0.5, 0.6) is 0 Å². The quantitative estimate of drug-likeness (QED) is 0.574. The Morgan fingerprint density at radius 3 is 2.70 bits per heavy atom. The highest BCUT2D eigenvalue weighted by molar-refractivity contribution is 7.99. The van der Waals surface area contributed by atoms with Crippen LogP contribution in [0, 0.1) is 0 Å². The lowest BCUT2D eigenvalue weighted by molar-refractivity contribution is -0.129. The minimum atomic E-state index is 0.0950. The Balaban J connectivity index is 1.39. The Labute approximate surface area is 166 Å². The number of amides is 1. The molecule has 0 aliphatic carbocycles. The number of carbonyl (C=O) groups is 1. The molecule has 1 aliphatic heterocycles. The molecule has 1 aliphatic rings. The van der Waals surface area contributed by atoms with Gasteiger partial charge < -0.3 is 9.32 Å². The molecule has 7 heteroatoms. The second-order valence-corrected chi connectivity index (χ2v) is 7.69. The number of nitrogens with zero attached hydrogens (tertiary/aromatic N) is 3. The van der Waals surface area contributed by atoms with Gasteiger partial charge in [-0.1, -0.05) is 53.7 Å². The van der Waals surface area contributed by atoms with E-state index in [-0.39, 0.29) is 17.7 Å². The van der Waals surface area contributed by atoms with E-state index in [0.29, 0.717) is 16.1 Å². The number of hydrogen-bond donors (Lipinski definition) is 0. The fourth-order valence-corrected chi connectivity index (χ4v) is 4.05. The molecule has 1 saturated heterocycles. The molecule has 0 saturated carbocycles. The van der Waals surface area contributed by atoms with E-state index in [0.717, 1.165) is 24.9 Å². The van der Waals surface area contributed by atoms with Gasteiger partial charge in [0.25, 0.3) is 5.22 Å². The summed E-state index contributed by atoms with van der Waals surface area (Å²) >= 11 is 7.17. The second-order valence-electron chi connectivity index (χ2n) is 6.32. The van der Waals surface area contributed by atoms with E-state index in [1.807, 2.05) is 35.2 Å². The van der Waals surface area contributed by atoms with Crippen molar-refractivity contribution in [2.45, 2.75) is 24.1 Å². The Hall–Kier alpha value is -2.31. The number of thioether (sulfide) groups is 1. The van der Waals surface area contributed by atoms with Crippen LogP contribution in [0.1, 0.15) is 24.4 Å². The van der Waals surface area contributed by atoms with Gasteiger partial charge in [0, 0.05) is 17.1 Å². The van der Waals surface area contributed by atoms with Gasteiger partial charge in [0.2, 0.25) is 11.8 Å². The maximum absolute atomic E-state index is 12.7. The molecule has 3 aromatic rings. The third-order valence-electron chi connectivity index (χ3n) is 4.57. The van der Waals surface area contributed by atoms with Crippen molar-refractivity contribution < 1.29 is 9.21 Å². The Bertz CT molecular complexity index is 914. The molecule has 2 aromatic carbocycles. The fraction of sp³-hybridized carbons (Fsp3) is 0.250. The smallest absolute Gasteiger partial charge is 0.277 e. The summed E-state index contributed by atoms with van der Waals surface area (Å²) in [5.41, 5.74) is 1.99. The van der Waals surface area contributed by atoms with Gasteiger partial charge in [-0.15, -0.1) is 10.2 Å². The summed E-state index contributed by atoms with van der Waals surface area (Å²) in [7, 11) is 0. The monoisotopic (exact) mass is 399 g/mol. The van der Waals surface area contributed by atoms with Crippen molar-refractivity contribution in [2.75, 3.05) is 12.3 Å². The van der Waals surface area contributed by atoms with E-state index in [2.05, 4.69) is 22.3 Å². The third kappa shape index (κ3) is 4.17. The average molecular weight is 400 g/mol. The van der Waals surface area contributed by atoms with Gasteiger partial charge in [-0.2, -0.15) is 0 Å². The molecule has 4 rings (SSSR count). The van der Waals surface area contributed by atoms with Gasteiger partial charge in [-0.05, 0) is 42.7 Å². The van der Waals surface area contributed by atoms with E-state index >= 15 is 0 Å². The normalized spacial score (nSPS) is 16.6. The lowest BCUT2D eigenvalue weighted by Gasteiger charge is -2.24. The molecule has 1 amide bonds. The number of carbonyl (C=O) groups excluding carboxylic acids is 1. The highest BCUT2D eigenvalue weighted by atomic mass is 35.5. The highest BCUT2D eigenvalue weighted by Crippen LogP contribution is 2.33.